The van der Waals surface area contributed by atoms with Gasteiger partial charge < -0.3 is 9.15 Å². The molecule has 0 unspecified atom stereocenters. The summed E-state index contributed by atoms with van der Waals surface area (Å²) < 4.78 is 52.0. The Kier molecular flexibility index (Phi) is 6.89. The van der Waals surface area contributed by atoms with Crippen molar-refractivity contribution in [3.8, 4) is 17.2 Å². The van der Waals surface area contributed by atoms with Crippen LogP contribution in [0.5, 0.6) is 5.75 Å². The van der Waals surface area contributed by atoms with Crippen molar-refractivity contribution in [3.63, 3.8) is 0 Å². The summed E-state index contributed by atoms with van der Waals surface area (Å²) >= 11 is 1.28. The van der Waals surface area contributed by atoms with Crippen LogP contribution in [0.2, 0.25) is 0 Å². The zero-order valence-electron chi connectivity index (χ0n) is 16.7. The number of halogens is 1. The summed E-state index contributed by atoms with van der Waals surface area (Å²) in [6.45, 7) is 1.36. The van der Waals surface area contributed by atoms with Gasteiger partial charge >= 0.3 is 0 Å². The molecule has 0 aliphatic carbocycles. The maximum atomic E-state index is 13.5. The molecule has 0 spiro atoms. The van der Waals surface area contributed by atoms with E-state index < -0.39 is 15.8 Å². The van der Waals surface area contributed by atoms with E-state index in [0.717, 1.165) is 19.3 Å². The standard InChI is InChI=1S/C21H22FN3O4S2/c22-18-9-2-3-10-19(18)28-13-14-30-21-24-23-20(29-21)16-7-6-8-17(15-16)31(26,27)25-11-4-1-5-12-25/h2-3,6-10,15H,1,4-5,11-14H2. The van der Waals surface area contributed by atoms with Crippen LogP contribution in [-0.4, -0.2) is 48.4 Å². The van der Waals surface area contributed by atoms with Gasteiger partial charge in [-0.1, -0.05) is 36.4 Å². The third-order valence-electron chi connectivity index (χ3n) is 4.84. The fraction of sp³-hybridized carbons (Fsp3) is 0.333. The number of rotatable bonds is 8. The lowest BCUT2D eigenvalue weighted by Crippen LogP contribution is -2.35. The van der Waals surface area contributed by atoms with Crippen molar-refractivity contribution in [1.29, 1.82) is 0 Å². The van der Waals surface area contributed by atoms with Gasteiger partial charge in [-0.25, -0.2) is 12.8 Å². The molecule has 164 valence electrons. The molecule has 2 heterocycles. The predicted octanol–water partition coefficient (Wildman–Crippen LogP) is 4.22. The first-order valence-corrected chi connectivity index (χ1v) is 12.4. The molecule has 3 aromatic rings. The van der Waals surface area contributed by atoms with Gasteiger partial charge in [0.15, 0.2) is 11.6 Å². The van der Waals surface area contributed by atoms with Gasteiger partial charge in [0.2, 0.25) is 15.9 Å². The number of para-hydroxylation sites is 1. The molecule has 0 N–H and O–H groups in total. The normalized spacial score (nSPS) is 15.1. The van der Waals surface area contributed by atoms with Gasteiger partial charge in [-0.2, -0.15) is 4.31 Å². The van der Waals surface area contributed by atoms with Crippen LogP contribution in [0, 0.1) is 5.82 Å². The van der Waals surface area contributed by atoms with Crippen LogP contribution in [-0.2, 0) is 10.0 Å². The minimum Gasteiger partial charge on any atom is -0.490 e. The highest BCUT2D eigenvalue weighted by atomic mass is 32.2. The molecule has 0 radical (unpaired) electrons. The maximum Gasteiger partial charge on any atom is 0.276 e. The molecule has 31 heavy (non-hydrogen) atoms. The Morgan fingerprint density at radius 2 is 1.87 bits per heavy atom. The largest absolute Gasteiger partial charge is 0.490 e. The summed E-state index contributed by atoms with van der Waals surface area (Å²) in [4.78, 5) is 0.220. The van der Waals surface area contributed by atoms with Gasteiger partial charge in [0.25, 0.3) is 5.22 Å². The first-order chi connectivity index (χ1) is 15.0. The second-order valence-corrected chi connectivity index (χ2v) is 9.98. The third kappa shape index (κ3) is 5.25. The topological polar surface area (TPSA) is 85.5 Å². The Labute approximate surface area is 184 Å². The summed E-state index contributed by atoms with van der Waals surface area (Å²) in [5.41, 5.74) is 0.542. The molecule has 7 nitrogen and oxygen atoms in total. The van der Waals surface area contributed by atoms with Crippen LogP contribution in [0.15, 0.2) is 63.1 Å². The third-order valence-corrected chi connectivity index (χ3v) is 7.52. The molecule has 1 saturated heterocycles. The van der Waals surface area contributed by atoms with Gasteiger partial charge in [0.05, 0.1) is 11.5 Å². The molecule has 1 aromatic heterocycles. The van der Waals surface area contributed by atoms with Crippen molar-refractivity contribution in [2.75, 3.05) is 25.4 Å². The van der Waals surface area contributed by atoms with Crippen molar-refractivity contribution in [3.05, 3.63) is 54.3 Å². The number of piperidine rings is 1. The molecular formula is C21H22FN3O4S2. The lowest BCUT2D eigenvalue weighted by Gasteiger charge is -2.25. The average Bonchev–Trinajstić information content (AvgIpc) is 3.27. The Morgan fingerprint density at radius 3 is 2.68 bits per heavy atom. The average molecular weight is 464 g/mol. The Balaban J connectivity index is 1.38. The molecule has 10 heteroatoms. The van der Waals surface area contributed by atoms with Crippen LogP contribution < -0.4 is 4.74 Å². The molecular weight excluding hydrogens is 441 g/mol. The summed E-state index contributed by atoms with van der Waals surface area (Å²) in [5, 5.41) is 8.35. The summed E-state index contributed by atoms with van der Waals surface area (Å²) in [7, 11) is -3.54. The second kappa shape index (κ2) is 9.80. The van der Waals surface area contributed by atoms with Crippen LogP contribution in [0.25, 0.3) is 11.5 Å². The predicted molar refractivity (Wildman–Crippen MR) is 115 cm³/mol. The van der Waals surface area contributed by atoms with E-state index in [1.807, 2.05) is 0 Å². The summed E-state index contributed by atoms with van der Waals surface area (Å²) in [6.07, 6.45) is 2.81. The quantitative estimate of drug-likeness (QED) is 0.365. The van der Waals surface area contributed by atoms with Crippen molar-refractivity contribution in [1.82, 2.24) is 14.5 Å². The smallest absolute Gasteiger partial charge is 0.276 e. The van der Waals surface area contributed by atoms with Crippen molar-refractivity contribution in [2.24, 2.45) is 0 Å². The number of hydrogen-bond acceptors (Lipinski definition) is 7. The molecule has 1 fully saturated rings. The number of aromatic nitrogens is 2. The highest BCUT2D eigenvalue weighted by Crippen LogP contribution is 2.27. The van der Waals surface area contributed by atoms with Crippen molar-refractivity contribution >= 4 is 21.8 Å². The lowest BCUT2D eigenvalue weighted by molar-refractivity contribution is 0.324. The monoisotopic (exact) mass is 463 g/mol. The molecule has 0 amide bonds. The molecule has 4 rings (SSSR count). The summed E-state index contributed by atoms with van der Waals surface area (Å²) in [5.74, 6) is 0.514. The fourth-order valence-electron chi connectivity index (χ4n) is 3.27. The maximum absolute atomic E-state index is 13.5. The Hall–Kier alpha value is -2.43. The molecule has 0 saturated carbocycles. The van der Waals surface area contributed by atoms with Gasteiger partial charge in [0.1, 0.15) is 0 Å². The van der Waals surface area contributed by atoms with E-state index in [1.165, 1.54) is 22.1 Å². The van der Waals surface area contributed by atoms with Gasteiger partial charge in [0, 0.05) is 24.4 Å². The lowest BCUT2D eigenvalue weighted by atomic mass is 10.2. The highest BCUT2D eigenvalue weighted by Gasteiger charge is 2.26. The first-order valence-electron chi connectivity index (χ1n) is 9.98. The van der Waals surface area contributed by atoms with Crippen molar-refractivity contribution < 1.29 is 22.0 Å². The molecule has 0 bridgehead atoms. The SMILES string of the molecule is O=S(=O)(c1cccc(-c2nnc(SCCOc3ccccc3F)o2)c1)N1CCCCC1. The van der Waals surface area contributed by atoms with Gasteiger partial charge in [-0.3, -0.25) is 0 Å². The number of nitrogens with zero attached hydrogens (tertiary/aromatic N) is 3. The van der Waals surface area contributed by atoms with Crippen LogP contribution >= 0.6 is 11.8 Å². The minimum atomic E-state index is -3.54. The number of hydrogen-bond donors (Lipinski definition) is 0. The number of ether oxygens (including phenoxy) is 1. The van der Waals surface area contributed by atoms with Crippen LogP contribution in [0.3, 0.4) is 0 Å². The van der Waals surface area contributed by atoms with E-state index in [0.29, 0.717) is 29.6 Å². The van der Waals surface area contributed by atoms with E-state index in [2.05, 4.69) is 10.2 Å². The van der Waals surface area contributed by atoms with Crippen LogP contribution in [0.4, 0.5) is 4.39 Å². The molecule has 1 aliphatic rings. The van der Waals surface area contributed by atoms with Gasteiger partial charge in [-0.15, -0.1) is 10.2 Å². The molecule has 1 aliphatic heterocycles. The van der Waals surface area contributed by atoms with E-state index in [9.17, 15) is 12.8 Å². The highest BCUT2D eigenvalue weighted by molar-refractivity contribution is 7.99. The first kappa shape index (κ1) is 21.8. The number of benzene rings is 2. The minimum absolute atomic E-state index is 0.195. The zero-order valence-corrected chi connectivity index (χ0v) is 18.4. The van der Waals surface area contributed by atoms with E-state index >= 15 is 0 Å². The van der Waals surface area contributed by atoms with E-state index in [4.69, 9.17) is 9.15 Å². The Morgan fingerprint density at radius 1 is 1.06 bits per heavy atom. The van der Waals surface area contributed by atoms with E-state index in [-0.39, 0.29) is 23.1 Å². The number of thioether (sulfide) groups is 1. The molecule has 0 atom stereocenters. The Bertz CT molecular complexity index is 1130. The molecule has 2 aromatic carbocycles. The summed E-state index contributed by atoms with van der Waals surface area (Å²) in [6, 6.07) is 12.8. The number of sulfonamides is 1. The zero-order chi connectivity index (χ0) is 21.7. The van der Waals surface area contributed by atoms with Gasteiger partial charge in [-0.05, 0) is 43.2 Å². The van der Waals surface area contributed by atoms with Crippen LogP contribution in [0.1, 0.15) is 19.3 Å². The fourth-order valence-corrected chi connectivity index (χ4v) is 5.41. The van der Waals surface area contributed by atoms with E-state index in [1.54, 1.807) is 42.5 Å². The van der Waals surface area contributed by atoms with Crippen molar-refractivity contribution in [2.45, 2.75) is 29.4 Å². The second-order valence-electron chi connectivity index (χ2n) is 6.99.